The number of carbonyl (C=O) groups is 1. The number of carbonyl (C=O) groups excluding carboxylic acids is 1. The summed E-state index contributed by atoms with van der Waals surface area (Å²) in [5.41, 5.74) is 3.55. The Hall–Kier alpha value is -3.00. The second-order valence-corrected chi connectivity index (χ2v) is 5.99. The highest BCUT2D eigenvalue weighted by Crippen LogP contribution is 2.37. The van der Waals surface area contributed by atoms with Gasteiger partial charge in [0.1, 0.15) is 28.9 Å². The minimum Gasteiger partial charge on any atom is -0.497 e. The van der Waals surface area contributed by atoms with Gasteiger partial charge in [-0.3, -0.25) is 4.79 Å². The molecule has 5 heteroatoms. The molecule has 0 unspecified atom stereocenters. The lowest BCUT2D eigenvalue weighted by Crippen LogP contribution is -2.03. The standard InChI is InChI=1S/C19H16N2O3/c1-23-11-6-7-16-13(8-11)14(19(22)21-16)9-18-15(10-20)12-4-2-3-5-17(12)24-18/h6-9H,2-5H2,1H3,(H,21,22). The number of ether oxygens (including phenoxy) is 1. The summed E-state index contributed by atoms with van der Waals surface area (Å²) < 4.78 is 11.1. The zero-order valence-corrected chi connectivity index (χ0v) is 13.3. The maximum absolute atomic E-state index is 12.3. The molecule has 2 heterocycles. The molecule has 0 saturated carbocycles. The molecule has 4 rings (SSSR count). The fourth-order valence-corrected chi connectivity index (χ4v) is 3.38. The number of benzene rings is 1. The van der Waals surface area contributed by atoms with Crippen LogP contribution in [0.2, 0.25) is 0 Å². The normalized spacial score (nSPS) is 17.2. The fraction of sp³-hybridized carbons (Fsp3) is 0.263. The third-order valence-electron chi connectivity index (χ3n) is 4.60. The number of furan rings is 1. The molecule has 24 heavy (non-hydrogen) atoms. The van der Waals surface area contributed by atoms with Crippen molar-refractivity contribution in [1.82, 2.24) is 0 Å². The van der Waals surface area contributed by atoms with Crippen LogP contribution in [0, 0.1) is 11.3 Å². The van der Waals surface area contributed by atoms with E-state index in [2.05, 4.69) is 11.4 Å². The van der Waals surface area contributed by atoms with Gasteiger partial charge >= 0.3 is 0 Å². The molecule has 1 aromatic carbocycles. The van der Waals surface area contributed by atoms with E-state index >= 15 is 0 Å². The zero-order chi connectivity index (χ0) is 16.7. The number of fused-ring (bicyclic) bond motifs is 2. The van der Waals surface area contributed by atoms with Gasteiger partial charge in [0.05, 0.1) is 12.7 Å². The lowest BCUT2D eigenvalue weighted by molar-refractivity contribution is -0.110. The molecule has 1 aromatic heterocycles. The number of nitrogens with one attached hydrogen (secondary N) is 1. The van der Waals surface area contributed by atoms with Gasteiger partial charge in [-0.2, -0.15) is 5.26 Å². The average Bonchev–Trinajstić information content (AvgIpc) is 3.11. The molecule has 0 bridgehead atoms. The highest BCUT2D eigenvalue weighted by Gasteiger charge is 2.27. The number of aryl methyl sites for hydroxylation is 1. The summed E-state index contributed by atoms with van der Waals surface area (Å²) >= 11 is 0. The van der Waals surface area contributed by atoms with Crippen molar-refractivity contribution in [2.45, 2.75) is 25.7 Å². The average molecular weight is 320 g/mol. The maximum atomic E-state index is 12.3. The van der Waals surface area contributed by atoms with Gasteiger partial charge in [0.15, 0.2) is 0 Å². The maximum Gasteiger partial charge on any atom is 0.256 e. The predicted octanol–water partition coefficient (Wildman–Crippen LogP) is 3.53. The largest absolute Gasteiger partial charge is 0.497 e. The van der Waals surface area contributed by atoms with Crippen LogP contribution in [-0.2, 0) is 17.6 Å². The number of nitriles is 1. The van der Waals surface area contributed by atoms with Crippen LogP contribution in [0.1, 0.15) is 41.1 Å². The van der Waals surface area contributed by atoms with Crippen LogP contribution in [-0.4, -0.2) is 13.0 Å². The first-order valence-corrected chi connectivity index (χ1v) is 7.97. The summed E-state index contributed by atoms with van der Waals surface area (Å²) in [5, 5.41) is 12.4. The van der Waals surface area contributed by atoms with Crippen LogP contribution in [0.4, 0.5) is 5.69 Å². The topological polar surface area (TPSA) is 75.3 Å². The smallest absolute Gasteiger partial charge is 0.256 e. The molecule has 1 aliphatic heterocycles. The molecule has 120 valence electrons. The van der Waals surface area contributed by atoms with E-state index in [1.165, 1.54) is 0 Å². The van der Waals surface area contributed by atoms with Gasteiger partial charge in [-0.15, -0.1) is 0 Å². The van der Waals surface area contributed by atoms with Crippen molar-refractivity contribution < 1.29 is 13.9 Å². The van der Waals surface area contributed by atoms with E-state index in [-0.39, 0.29) is 5.91 Å². The summed E-state index contributed by atoms with van der Waals surface area (Å²) in [5.74, 6) is 1.84. The zero-order valence-electron chi connectivity index (χ0n) is 13.3. The van der Waals surface area contributed by atoms with Gasteiger partial charge in [0.25, 0.3) is 5.91 Å². The van der Waals surface area contributed by atoms with Crippen molar-refractivity contribution >= 4 is 23.2 Å². The highest BCUT2D eigenvalue weighted by molar-refractivity contribution is 6.35. The monoisotopic (exact) mass is 320 g/mol. The molecule has 0 fully saturated rings. The molecule has 0 atom stereocenters. The Bertz CT molecular complexity index is 915. The quantitative estimate of drug-likeness (QED) is 0.859. The van der Waals surface area contributed by atoms with Crippen molar-refractivity contribution in [2.75, 3.05) is 12.4 Å². The van der Waals surface area contributed by atoms with E-state index in [1.807, 2.05) is 12.1 Å². The number of methoxy groups -OCH3 is 1. The number of rotatable bonds is 2. The molecule has 1 aliphatic carbocycles. The van der Waals surface area contributed by atoms with Gasteiger partial charge in [-0.1, -0.05) is 0 Å². The van der Waals surface area contributed by atoms with Gasteiger partial charge in [0.2, 0.25) is 0 Å². The van der Waals surface area contributed by atoms with Crippen molar-refractivity contribution in [3.8, 4) is 11.8 Å². The summed E-state index contributed by atoms with van der Waals surface area (Å²) in [7, 11) is 1.59. The first-order valence-electron chi connectivity index (χ1n) is 7.97. The molecule has 1 amide bonds. The van der Waals surface area contributed by atoms with Crippen LogP contribution >= 0.6 is 0 Å². The summed E-state index contributed by atoms with van der Waals surface area (Å²) in [6.07, 6.45) is 5.53. The minimum absolute atomic E-state index is 0.198. The number of amides is 1. The van der Waals surface area contributed by atoms with Gasteiger partial charge in [-0.05, 0) is 43.5 Å². The van der Waals surface area contributed by atoms with E-state index in [1.54, 1.807) is 19.3 Å². The first kappa shape index (κ1) is 14.6. The number of anilines is 1. The summed E-state index contributed by atoms with van der Waals surface area (Å²) in [6, 6.07) is 7.67. The van der Waals surface area contributed by atoms with Crippen LogP contribution in [0.3, 0.4) is 0 Å². The molecule has 5 nitrogen and oxygen atoms in total. The number of hydrogen-bond acceptors (Lipinski definition) is 4. The van der Waals surface area contributed by atoms with E-state index in [0.717, 1.165) is 48.3 Å². The van der Waals surface area contributed by atoms with Crippen molar-refractivity contribution in [3.05, 3.63) is 46.4 Å². The van der Waals surface area contributed by atoms with Gasteiger partial charge in [0, 0.05) is 23.2 Å². The van der Waals surface area contributed by atoms with Crippen LogP contribution in [0.5, 0.6) is 5.75 Å². The SMILES string of the molecule is COc1ccc2c(c1)C(=Cc1oc3c(c1C#N)CCCC3)C(=O)N2. The lowest BCUT2D eigenvalue weighted by atomic mass is 9.94. The minimum atomic E-state index is -0.198. The second kappa shape index (κ2) is 5.57. The Morgan fingerprint density at radius 3 is 2.96 bits per heavy atom. The van der Waals surface area contributed by atoms with Crippen molar-refractivity contribution in [3.63, 3.8) is 0 Å². The molecule has 1 N–H and O–H groups in total. The van der Waals surface area contributed by atoms with E-state index < -0.39 is 0 Å². The number of nitrogens with zero attached hydrogens (tertiary/aromatic N) is 1. The van der Waals surface area contributed by atoms with Gasteiger partial charge < -0.3 is 14.5 Å². The predicted molar refractivity (Wildman–Crippen MR) is 89.6 cm³/mol. The van der Waals surface area contributed by atoms with Crippen molar-refractivity contribution in [2.24, 2.45) is 0 Å². The Labute approximate surface area is 139 Å². The molecular formula is C19H16N2O3. The Morgan fingerprint density at radius 1 is 1.33 bits per heavy atom. The molecule has 0 saturated heterocycles. The third kappa shape index (κ3) is 2.19. The molecular weight excluding hydrogens is 304 g/mol. The van der Waals surface area contributed by atoms with E-state index in [4.69, 9.17) is 9.15 Å². The lowest BCUT2D eigenvalue weighted by Gasteiger charge is -2.07. The highest BCUT2D eigenvalue weighted by atomic mass is 16.5. The van der Waals surface area contributed by atoms with Crippen molar-refractivity contribution in [1.29, 1.82) is 5.26 Å². The molecule has 2 aromatic rings. The first-order chi connectivity index (χ1) is 11.7. The molecule has 2 aliphatic rings. The van der Waals surface area contributed by atoms with E-state index in [9.17, 15) is 10.1 Å². The van der Waals surface area contributed by atoms with Crippen LogP contribution < -0.4 is 10.1 Å². The Kier molecular flexibility index (Phi) is 3.39. The third-order valence-corrected chi connectivity index (χ3v) is 4.60. The molecule has 0 spiro atoms. The van der Waals surface area contributed by atoms with Gasteiger partial charge in [-0.25, -0.2) is 0 Å². The van der Waals surface area contributed by atoms with E-state index in [0.29, 0.717) is 22.6 Å². The van der Waals surface area contributed by atoms with Crippen LogP contribution in [0.25, 0.3) is 11.6 Å². The second-order valence-electron chi connectivity index (χ2n) is 5.99. The number of hydrogen-bond donors (Lipinski definition) is 1. The summed E-state index contributed by atoms with van der Waals surface area (Å²) in [4.78, 5) is 12.3. The Balaban J connectivity index is 1.84. The summed E-state index contributed by atoms with van der Waals surface area (Å²) in [6.45, 7) is 0. The fourth-order valence-electron chi connectivity index (χ4n) is 3.38. The van der Waals surface area contributed by atoms with Crippen LogP contribution in [0.15, 0.2) is 22.6 Å². The Morgan fingerprint density at radius 2 is 2.17 bits per heavy atom. The molecule has 0 radical (unpaired) electrons.